The number of hydrogen-bond donors (Lipinski definition) is 2. The maximum absolute atomic E-state index is 11.1. The molecule has 1 rings (SSSR count). The van der Waals surface area contributed by atoms with Crippen LogP contribution in [0.25, 0.3) is 0 Å². The first kappa shape index (κ1) is 11.4. The second-order valence-electron chi connectivity index (χ2n) is 2.84. The lowest BCUT2D eigenvalue weighted by Crippen LogP contribution is -2.36. The lowest BCUT2D eigenvalue weighted by Gasteiger charge is -2.04. The maximum Gasteiger partial charge on any atom is 0.315 e. The number of amides is 2. The van der Waals surface area contributed by atoms with Crippen molar-refractivity contribution in [3.63, 3.8) is 0 Å². The summed E-state index contributed by atoms with van der Waals surface area (Å²) in [6.07, 6.45) is 0. The van der Waals surface area contributed by atoms with Crippen LogP contribution < -0.4 is 10.6 Å². The summed E-state index contributed by atoms with van der Waals surface area (Å²) in [7, 11) is 1.57. The van der Waals surface area contributed by atoms with E-state index in [1.165, 1.54) is 0 Å². The van der Waals surface area contributed by atoms with Gasteiger partial charge in [0, 0.05) is 13.7 Å². The molecule has 1 aromatic heterocycles. The number of hydrogen-bond acceptors (Lipinski definition) is 5. The predicted octanol–water partition coefficient (Wildman–Crippen LogP) is -0.176. The normalized spacial score (nSPS) is 10.0. The molecule has 0 atom stereocenters. The van der Waals surface area contributed by atoms with Crippen LogP contribution in [0.3, 0.4) is 0 Å². The van der Waals surface area contributed by atoms with Gasteiger partial charge in [0.05, 0.1) is 13.2 Å². The highest BCUT2D eigenvalue weighted by molar-refractivity contribution is 5.73. The zero-order valence-corrected chi connectivity index (χ0v) is 8.74. The van der Waals surface area contributed by atoms with Crippen LogP contribution in [0.15, 0.2) is 4.52 Å². The minimum Gasteiger partial charge on any atom is -0.383 e. The molecule has 0 unspecified atom stereocenters. The van der Waals surface area contributed by atoms with E-state index in [0.29, 0.717) is 24.9 Å². The third-order valence-electron chi connectivity index (χ3n) is 1.56. The van der Waals surface area contributed by atoms with Crippen molar-refractivity contribution in [2.45, 2.75) is 13.5 Å². The number of aryl methyl sites for hydroxylation is 1. The smallest absolute Gasteiger partial charge is 0.315 e. The van der Waals surface area contributed by atoms with Gasteiger partial charge < -0.3 is 19.9 Å². The Morgan fingerprint density at radius 1 is 1.53 bits per heavy atom. The topological polar surface area (TPSA) is 89.3 Å². The SMILES string of the molecule is COCCNC(=O)NCc1nc(C)no1. The molecule has 0 bridgehead atoms. The van der Waals surface area contributed by atoms with Gasteiger partial charge in [0.1, 0.15) is 0 Å². The molecular formula is C8H14N4O3. The predicted molar refractivity (Wildman–Crippen MR) is 51.1 cm³/mol. The van der Waals surface area contributed by atoms with Crippen LogP contribution in [0.1, 0.15) is 11.7 Å². The number of rotatable bonds is 5. The zero-order valence-electron chi connectivity index (χ0n) is 8.74. The van der Waals surface area contributed by atoms with E-state index in [1.807, 2.05) is 0 Å². The lowest BCUT2D eigenvalue weighted by molar-refractivity contribution is 0.195. The van der Waals surface area contributed by atoms with Crippen LogP contribution in [0.4, 0.5) is 4.79 Å². The van der Waals surface area contributed by atoms with Crippen molar-refractivity contribution in [2.24, 2.45) is 0 Å². The molecule has 0 radical (unpaired) electrons. The molecule has 0 saturated heterocycles. The molecule has 0 fully saturated rings. The van der Waals surface area contributed by atoms with E-state index in [0.717, 1.165) is 0 Å². The summed E-state index contributed by atoms with van der Waals surface area (Å²) in [6.45, 7) is 2.88. The number of nitrogens with zero attached hydrogens (tertiary/aromatic N) is 2. The fourth-order valence-corrected chi connectivity index (χ4v) is 0.897. The number of carbonyl (C=O) groups is 1. The zero-order chi connectivity index (χ0) is 11.1. The number of carbonyl (C=O) groups excluding carboxylic acids is 1. The first-order chi connectivity index (χ1) is 7.22. The summed E-state index contributed by atoms with van der Waals surface area (Å²) in [5, 5.41) is 8.76. The average molecular weight is 214 g/mol. The summed E-state index contributed by atoms with van der Waals surface area (Å²) in [4.78, 5) is 15.1. The maximum atomic E-state index is 11.1. The largest absolute Gasteiger partial charge is 0.383 e. The van der Waals surface area contributed by atoms with Gasteiger partial charge in [-0.1, -0.05) is 5.16 Å². The number of methoxy groups -OCH3 is 1. The van der Waals surface area contributed by atoms with Gasteiger partial charge in [0.15, 0.2) is 5.82 Å². The quantitative estimate of drug-likeness (QED) is 0.664. The molecule has 0 aromatic carbocycles. The first-order valence-corrected chi connectivity index (χ1v) is 4.52. The van der Waals surface area contributed by atoms with E-state index in [2.05, 4.69) is 20.8 Å². The molecule has 2 amide bonds. The highest BCUT2D eigenvalue weighted by Crippen LogP contribution is 1.93. The highest BCUT2D eigenvalue weighted by Gasteiger charge is 2.04. The van der Waals surface area contributed by atoms with Gasteiger partial charge in [0.2, 0.25) is 5.89 Å². The summed E-state index contributed by atoms with van der Waals surface area (Å²) in [5.41, 5.74) is 0. The van der Waals surface area contributed by atoms with Crippen LogP contribution in [-0.4, -0.2) is 36.4 Å². The Labute approximate surface area is 87.2 Å². The Morgan fingerprint density at radius 3 is 2.93 bits per heavy atom. The summed E-state index contributed by atoms with van der Waals surface area (Å²) < 4.78 is 9.59. The Bertz CT molecular complexity index is 313. The second-order valence-corrected chi connectivity index (χ2v) is 2.84. The minimum atomic E-state index is -0.289. The minimum absolute atomic E-state index is 0.222. The molecule has 7 nitrogen and oxygen atoms in total. The summed E-state index contributed by atoms with van der Waals surface area (Å²) in [5.74, 6) is 0.931. The fraction of sp³-hybridized carbons (Fsp3) is 0.625. The van der Waals surface area contributed by atoms with Gasteiger partial charge in [-0.25, -0.2) is 4.79 Å². The molecule has 0 aliphatic heterocycles. The van der Waals surface area contributed by atoms with E-state index in [4.69, 9.17) is 9.26 Å². The van der Waals surface area contributed by atoms with Crippen LogP contribution in [0.2, 0.25) is 0 Å². The van der Waals surface area contributed by atoms with Crippen LogP contribution >= 0.6 is 0 Å². The van der Waals surface area contributed by atoms with E-state index >= 15 is 0 Å². The first-order valence-electron chi connectivity index (χ1n) is 4.52. The number of ether oxygens (including phenoxy) is 1. The molecule has 2 N–H and O–H groups in total. The van der Waals surface area contributed by atoms with Gasteiger partial charge in [-0.05, 0) is 6.92 Å². The van der Waals surface area contributed by atoms with Crippen molar-refractivity contribution < 1.29 is 14.1 Å². The summed E-state index contributed by atoms with van der Waals surface area (Å²) >= 11 is 0. The van der Waals surface area contributed by atoms with Gasteiger partial charge in [0.25, 0.3) is 0 Å². The van der Waals surface area contributed by atoms with Crippen molar-refractivity contribution in [2.75, 3.05) is 20.3 Å². The summed E-state index contributed by atoms with van der Waals surface area (Å²) in [6, 6.07) is -0.289. The van der Waals surface area contributed by atoms with Crippen LogP contribution in [0, 0.1) is 6.92 Å². The van der Waals surface area contributed by atoms with Gasteiger partial charge >= 0.3 is 6.03 Å². The van der Waals surface area contributed by atoms with Crippen LogP contribution in [0.5, 0.6) is 0 Å². The lowest BCUT2D eigenvalue weighted by atomic mass is 10.6. The van der Waals surface area contributed by atoms with Crippen LogP contribution in [-0.2, 0) is 11.3 Å². The van der Waals surface area contributed by atoms with E-state index in [-0.39, 0.29) is 12.6 Å². The number of aromatic nitrogens is 2. The standard InChI is InChI=1S/C8H14N4O3/c1-6-11-7(15-12-6)5-10-8(13)9-3-4-14-2/h3-5H2,1-2H3,(H2,9,10,13). The Kier molecular flexibility index (Phi) is 4.55. The number of urea groups is 1. The molecule has 1 aromatic rings. The van der Waals surface area contributed by atoms with Gasteiger partial charge in [-0.15, -0.1) is 0 Å². The number of nitrogens with one attached hydrogen (secondary N) is 2. The Balaban J connectivity index is 2.16. The van der Waals surface area contributed by atoms with Crippen molar-refractivity contribution in [1.82, 2.24) is 20.8 Å². The molecule has 1 heterocycles. The van der Waals surface area contributed by atoms with Gasteiger partial charge in [-0.2, -0.15) is 4.98 Å². The average Bonchev–Trinajstić information content (AvgIpc) is 2.62. The molecular weight excluding hydrogens is 200 g/mol. The second kappa shape index (κ2) is 5.97. The van der Waals surface area contributed by atoms with Crippen molar-refractivity contribution >= 4 is 6.03 Å². The Hall–Kier alpha value is -1.63. The fourth-order valence-electron chi connectivity index (χ4n) is 0.897. The van der Waals surface area contributed by atoms with Gasteiger partial charge in [-0.3, -0.25) is 0 Å². The molecule has 0 aliphatic carbocycles. The molecule has 7 heteroatoms. The van der Waals surface area contributed by atoms with Crippen molar-refractivity contribution in [1.29, 1.82) is 0 Å². The highest BCUT2D eigenvalue weighted by atomic mass is 16.5. The Morgan fingerprint density at radius 2 is 2.33 bits per heavy atom. The molecule has 0 aliphatic rings. The monoisotopic (exact) mass is 214 g/mol. The molecule has 0 spiro atoms. The molecule has 15 heavy (non-hydrogen) atoms. The molecule has 84 valence electrons. The van der Waals surface area contributed by atoms with E-state index < -0.39 is 0 Å². The van der Waals surface area contributed by atoms with Crippen molar-refractivity contribution in [3.8, 4) is 0 Å². The molecule has 0 saturated carbocycles. The van der Waals surface area contributed by atoms with Crippen molar-refractivity contribution in [3.05, 3.63) is 11.7 Å². The third kappa shape index (κ3) is 4.41. The van der Waals surface area contributed by atoms with E-state index in [1.54, 1.807) is 14.0 Å². The van der Waals surface area contributed by atoms with E-state index in [9.17, 15) is 4.79 Å². The third-order valence-corrected chi connectivity index (χ3v) is 1.56.